The number of hydrogen-bond donors (Lipinski definition) is 1. The van der Waals surface area contributed by atoms with Crippen molar-refractivity contribution in [2.24, 2.45) is 0 Å². The van der Waals surface area contributed by atoms with Gasteiger partial charge in [-0.3, -0.25) is 3.97 Å². The van der Waals surface area contributed by atoms with Crippen LogP contribution in [0.2, 0.25) is 0 Å². The predicted octanol–water partition coefficient (Wildman–Crippen LogP) is 4.49. The predicted molar refractivity (Wildman–Crippen MR) is 118 cm³/mol. The van der Waals surface area contributed by atoms with Gasteiger partial charge in [-0.25, -0.2) is 4.98 Å². The number of anilines is 1. The van der Waals surface area contributed by atoms with Crippen LogP contribution in [0.3, 0.4) is 0 Å². The first-order valence-corrected chi connectivity index (χ1v) is 10.3. The smallest absolute Gasteiger partial charge is 0.150 e. The zero-order valence-electron chi connectivity index (χ0n) is 16.8. The lowest BCUT2D eigenvalue weighted by Crippen LogP contribution is -2.34. The average Bonchev–Trinajstić information content (AvgIpc) is 2.90. The van der Waals surface area contributed by atoms with Gasteiger partial charge in [0.2, 0.25) is 0 Å². The van der Waals surface area contributed by atoms with E-state index in [1.165, 1.54) is 11.1 Å². The second kappa shape index (κ2) is 9.96. The SMILES string of the molecule is CC.Cc1cn(S)c2ncc(N3CCOCC(OCc4ccccc4)C3)cc12. The van der Waals surface area contributed by atoms with Crippen LogP contribution in [0.15, 0.2) is 48.8 Å². The number of ether oxygens (including phenoxy) is 2. The molecule has 2 aromatic heterocycles. The molecule has 3 aromatic rings. The third kappa shape index (κ3) is 4.87. The van der Waals surface area contributed by atoms with Crippen molar-refractivity contribution >= 4 is 29.5 Å². The molecule has 0 amide bonds. The van der Waals surface area contributed by atoms with Gasteiger partial charge in [0, 0.05) is 24.7 Å². The Morgan fingerprint density at radius 2 is 2.04 bits per heavy atom. The number of nitrogens with zero attached hydrogens (tertiary/aromatic N) is 3. The fraction of sp³-hybridized carbons (Fsp3) is 0.409. The highest BCUT2D eigenvalue weighted by atomic mass is 32.1. The number of aryl methyl sites for hydroxylation is 1. The topological polar surface area (TPSA) is 39.5 Å². The summed E-state index contributed by atoms with van der Waals surface area (Å²) in [6, 6.07) is 12.4. The van der Waals surface area contributed by atoms with Gasteiger partial charge in [0.05, 0.1) is 37.8 Å². The minimum absolute atomic E-state index is 0.0315. The van der Waals surface area contributed by atoms with Crippen molar-refractivity contribution in [3.05, 3.63) is 59.9 Å². The van der Waals surface area contributed by atoms with Crippen molar-refractivity contribution in [1.29, 1.82) is 0 Å². The van der Waals surface area contributed by atoms with E-state index < -0.39 is 0 Å². The van der Waals surface area contributed by atoms with Gasteiger partial charge in [-0.2, -0.15) is 0 Å². The summed E-state index contributed by atoms with van der Waals surface area (Å²) in [5.41, 5.74) is 4.33. The third-order valence-electron chi connectivity index (χ3n) is 4.74. The molecular formula is C22H29N3O2S. The molecule has 28 heavy (non-hydrogen) atoms. The number of aromatic nitrogens is 2. The Kier molecular flexibility index (Phi) is 7.36. The molecule has 5 nitrogen and oxygen atoms in total. The van der Waals surface area contributed by atoms with E-state index in [1.807, 2.05) is 44.4 Å². The van der Waals surface area contributed by atoms with Gasteiger partial charge >= 0.3 is 0 Å². The van der Waals surface area contributed by atoms with Gasteiger partial charge < -0.3 is 14.4 Å². The normalized spacial score (nSPS) is 17.1. The zero-order chi connectivity index (χ0) is 19.9. The molecule has 4 rings (SSSR count). The van der Waals surface area contributed by atoms with Gasteiger partial charge in [-0.15, -0.1) is 0 Å². The molecule has 6 heteroatoms. The van der Waals surface area contributed by atoms with Crippen LogP contribution in [-0.4, -0.2) is 41.4 Å². The summed E-state index contributed by atoms with van der Waals surface area (Å²) in [5.74, 6) is 0. The van der Waals surface area contributed by atoms with Crippen molar-refractivity contribution in [2.75, 3.05) is 31.2 Å². The molecule has 0 saturated carbocycles. The van der Waals surface area contributed by atoms with E-state index in [0.29, 0.717) is 19.8 Å². The Morgan fingerprint density at radius 1 is 1.25 bits per heavy atom. The highest BCUT2D eigenvalue weighted by Gasteiger charge is 2.20. The van der Waals surface area contributed by atoms with Gasteiger partial charge in [0.15, 0.2) is 0 Å². The minimum Gasteiger partial charge on any atom is -0.377 e. The van der Waals surface area contributed by atoms with E-state index in [9.17, 15) is 0 Å². The molecule has 1 aromatic carbocycles. The van der Waals surface area contributed by atoms with Crippen LogP contribution >= 0.6 is 12.8 Å². The summed E-state index contributed by atoms with van der Waals surface area (Å²) in [4.78, 5) is 6.89. The molecule has 1 unspecified atom stereocenters. The van der Waals surface area contributed by atoms with Crippen LogP contribution in [0.5, 0.6) is 0 Å². The summed E-state index contributed by atoms with van der Waals surface area (Å²) in [6.07, 6.45) is 3.93. The van der Waals surface area contributed by atoms with E-state index >= 15 is 0 Å². The summed E-state index contributed by atoms with van der Waals surface area (Å²) < 4.78 is 13.6. The molecule has 1 atom stereocenters. The number of hydrogen-bond acceptors (Lipinski definition) is 5. The van der Waals surface area contributed by atoms with Gasteiger partial charge in [-0.1, -0.05) is 57.0 Å². The summed E-state index contributed by atoms with van der Waals surface area (Å²) in [6.45, 7) is 9.61. The van der Waals surface area contributed by atoms with Crippen LogP contribution in [0.25, 0.3) is 11.0 Å². The Labute approximate surface area is 172 Å². The molecule has 1 aliphatic heterocycles. The first kappa shape index (κ1) is 20.7. The lowest BCUT2D eigenvalue weighted by molar-refractivity contribution is -0.00795. The fourth-order valence-corrected chi connectivity index (χ4v) is 3.64. The second-order valence-electron chi connectivity index (χ2n) is 6.66. The maximum atomic E-state index is 6.11. The first-order valence-electron chi connectivity index (χ1n) is 9.86. The molecule has 1 fully saturated rings. The Morgan fingerprint density at radius 3 is 2.82 bits per heavy atom. The van der Waals surface area contributed by atoms with E-state index in [-0.39, 0.29) is 6.10 Å². The van der Waals surface area contributed by atoms with E-state index in [2.05, 4.69) is 47.8 Å². The molecule has 0 bridgehead atoms. The highest BCUT2D eigenvalue weighted by molar-refractivity contribution is 7.78. The fourth-order valence-electron chi connectivity index (χ4n) is 3.31. The van der Waals surface area contributed by atoms with Crippen molar-refractivity contribution in [3.63, 3.8) is 0 Å². The number of fused-ring (bicyclic) bond motifs is 1. The van der Waals surface area contributed by atoms with E-state index in [1.54, 1.807) is 3.97 Å². The standard InChI is InChI=1S/C20H23N3O2S.C2H6/c1-15-11-23(26)20-19(15)9-17(10-21-20)22-7-8-24-14-18(12-22)25-13-16-5-3-2-4-6-16;1-2/h2-6,9-11,18,26H,7-8,12-14H2,1H3;1-2H3. The molecule has 0 spiro atoms. The molecule has 0 N–H and O–H groups in total. The van der Waals surface area contributed by atoms with Crippen molar-refractivity contribution < 1.29 is 9.47 Å². The Balaban J connectivity index is 0.00000109. The number of rotatable bonds is 4. The van der Waals surface area contributed by atoms with Crippen LogP contribution in [0.4, 0.5) is 5.69 Å². The minimum atomic E-state index is 0.0315. The number of benzene rings is 1. The van der Waals surface area contributed by atoms with Crippen LogP contribution < -0.4 is 4.90 Å². The molecule has 3 heterocycles. The van der Waals surface area contributed by atoms with Crippen LogP contribution in [0, 0.1) is 6.92 Å². The molecule has 0 aliphatic carbocycles. The highest BCUT2D eigenvalue weighted by Crippen LogP contribution is 2.25. The molecule has 1 saturated heterocycles. The third-order valence-corrected chi connectivity index (χ3v) is 5.04. The summed E-state index contributed by atoms with van der Waals surface area (Å²) in [7, 11) is 0. The van der Waals surface area contributed by atoms with Gasteiger partial charge in [0.1, 0.15) is 5.65 Å². The Bertz CT molecular complexity index is 882. The van der Waals surface area contributed by atoms with Crippen molar-refractivity contribution in [2.45, 2.75) is 33.5 Å². The second-order valence-corrected chi connectivity index (χ2v) is 7.09. The van der Waals surface area contributed by atoms with E-state index in [4.69, 9.17) is 9.47 Å². The molecule has 1 aliphatic rings. The van der Waals surface area contributed by atoms with Crippen molar-refractivity contribution in [1.82, 2.24) is 8.96 Å². The maximum Gasteiger partial charge on any atom is 0.150 e. The van der Waals surface area contributed by atoms with Crippen molar-refractivity contribution in [3.8, 4) is 0 Å². The quantitative estimate of drug-likeness (QED) is 0.657. The zero-order valence-corrected chi connectivity index (χ0v) is 17.7. The Hall–Kier alpha value is -2.02. The summed E-state index contributed by atoms with van der Waals surface area (Å²) in [5, 5.41) is 1.13. The van der Waals surface area contributed by atoms with Crippen LogP contribution in [-0.2, 0) is 16.1 Å². The summed E-state index contributed by atoms with van der Waals surface area (Å²) >= 11 is 4.43. The molecular weight excluding hydrogens is 370 g/mol. The lowest BCUT2D eigenvalue weighted by atomic mass is 10.2. The lowest BCUT2D eigenvalue weighted by Gasteiger charge is -2.25. The average molecular weight is 400 g/mol. The first-order chi connectivity index (χ1) is 13.7. The van der Waals surface area contributed by atoms with Crippen LogP contribution in [0.1, 0.15) is 25.0 Å². The number of thiol groups is 1. The monoisotopic (exact) mass is 399 g/mol. The van der Waals surface area contributed by atoms with E-state index in [0.717, 1.165) is 29.8 Å². The maximum absolute atomic E-state index is 6.11. The number of pyridine rings is 1. The van der Waals surface area contributed by atoms with Gasteiger partial charge in [0.25, 0.3) is 0 Å². The molecule has 0 radical (unpaired) electrons. The largest absolute Gasteiger partial charge is 0.377 e. The molecule has 150 valence electrons. The van der Waals surface area contributed by atoms with Gasteiger partial charge in [-0.05, 0) is 24.1 Å².